The lowest BCUT2D eigenvalue weighted by Crippen LogP contribution is -2.35. The van der Waals surface area contributed by atoms with Crippen molar-refractivity contribution >= 4 is 38.4 Å². The number of nitrogens with zero attached hydrogens (tertiary/aromatic N) is 2. The Morgan fingerprint density at radius 3 is 2.50 bits per heavy atom. The second kappa shape index (κ2) is 7.24. The van der Waals surface area contributed by atoms with Gasteiger partial charge < -0.3 is 4.42 Å². The second-order valence-electron chi connectivity index (χ2n) is 6.90. The molecule has 0 bridgehead atoms. The molecule has 1 aliphatic heterocycles. The van der Waals surface area contributed by atoms with Crippen LogP contribution in [-0.4, -0.2) is 20.7 Å². The van der Waals surface area contributed by atoms with Crippen LogP contribution in [-0.2, 0) is 10.0 Å². The van der Waals surface area contributed by atoms with Crippen LogP contribution in [0.15, 0.2) is 87.2 Å². The largest absolute Gasteiger partial charge is 0.443 e. The van der Waals surface area contributed by atoms with Crippen LogP contribution < -0.4 is 4.31 Å². The first kappa shape index (κ1) is 18.8. The second-order valence-corrected chi connectivity index (χ2v) is 9.83. The molecule has 1 aromatic heterocycles. The zero-order valence-electron chi connectivity index (χ0n) is 15.8. The van der Waals surface area contributed by atoms with Crippen molar-refractivity contribution in [2.75, 3.05) is 16.6 Å². The average Bonchev–Trinajstić information content (AvgIpc) is 3.24. The highest BCUT2D eigenvalue weighted by molar-refractivity contribution is 8.00. The Hall–Kier alpha value is -3.21. The number of hydrogen-bond donors (Lipinski definition) is 0. The SMILES string of the molecule is N#Cc1ccc(-c2ccc3c(c2)N(S(=O)(=O)c2cc4ccccc4o2)CCS3)cc1. The van der Waals surface area contributed by atoms with Crippen LogP contribution in [0.3, 0.4) is 0 Å². The van der Waals surface area contributed by atoms with Gasteiger partial charge in [-0.1, -0.05) is 36.4 Å². The van der Waals surface area contributed by atoms with E-state index in [9.17, 15) is 8.42 Å². The Balaban J connectivity index is 1.59. The van der Waals surface area contributed by atoms with Gasteiger partial charge in [0.1, 0.15) is 5.58 Å². The van der Waals surface area contributed by atoms with Gasteiger partial charge in [0.2, 0.25) is 5.09 Å². The molecular formula is C23H16N2O3S2. The van der Waals surface area contributed by atoms with Gasteiger partial charge in [-0.15, -0.1) is 11.8 Å². The van der Waals surface area contributed by atoms with Crippen molar-refractivity contribution in [3.63, 3.8) is 0 Å². The highest BCUT2D eigenvalue weighted by Gasteiger charge is 2.32. The van der Waals surface area contributed by atoms with Gasteiger partial charge in [-0.3, -0.25) is 4.31 Å². The van der Waals surface area contributed by atoms with Gasteiger partial charge >= 0.3 is 0 Å². The molecule has 0 N–H and O–H groups in total. The molecule has 2 heterocycles. The topological polar surface area (TPSA) is 74.3 Å². The summed E-state index contributed by atoms with van der Waals surface area (Å²) in [6.45, 7) is 0.369. The molecule has 0 atom stereocenters. The van der Waals surface area contributed by atoms with Crippen molar-refractivity contribution in [2.45, 2.75) is 9.99 Å². The van der Waals surface area contributed by atoms with Crippen molar-refractivity contribution in [3.8, 4) is 17.2 Å². The molecule has 0 saturated heterocycles. The van der Waals surface area contributed by atoms with E-state index in [0.29, 0.717) is 29.1 Å². The van der Waals surface area contributed by atoms with Gasteiger partial charge in [-0.2, -0.15) is 13.7 Å². The number of sulfonamides is 1. The fourth-order valence-electron chi connectivity index (χ4n) is 3.55. The van der Waals surface area contributed by atoms with Gasteiger partial charge in [0.25, 0.3) is 10.0 Å². The number of anilines is 1. The Bertz CT molecular complexity index is 1370. The zero-order chi connectivity index (χ0) is 20.7. The number of hydrogen-bond acceptors (Lipinski definition) is 5. The van der Waals surface area contributed by atoms with Gasteiger partial charge in [-0.25, -0.2) is 0 Å². The number of nitriles is 1. The third-order valence-electron chi connectivity index (χ3n) is 5.07. The number of para-hydroxylation sites is 1. The number of rotatable bonds is 3. The third-order valence-corrected chi connectivity index (χ3v) is 7.79. The van der Waals surface area contributed by atoms with Crippen LogP contribution in [0.25, 0.3) is 22.1 Å². The van der Waals surface area contributed by atoms with E-state index in [0.717, 1.165) is 21.4 Å². The molecule has 3 aromatic carbocycles. The lowest BCUT2D eigenvalue weighted by atomic mass is 10.0. The highest BCUT2D eigenvalue weighted by atomic mass is 32.2. The van der Waals surface area contributed by atoms with E-state index in [-0.39, 0.29) is 5.09 Å². The van der Waals surface area contributed by atoms with Crippen LogP contribution in [0.1, 0.15) is 5.56 Å². The summed E-state index contributed by atoms with van der Waals surface area (Å²) in [5, 5.41) is 9.71. The van der Waals surface area contributed by atoms with E-state index in [4.69, 9.17) is 9.68 Å². The zero-order valence-corrected chi connectivity index (χ0v) is 17.4. The molecule has 0 fully saturated rings. The summed E-state index contributed by atoms with van der Waals surface area (Å²) in [7, 11) is -3.84. The summed E-state index contributed by atoms with van der Waals surface area (Å²) in [6, 6.07) is 24.0. The van der Waals surface area contributed by atoms with Crippen molar-refractivity contribution in [3.05, 3.63) is 78.4 Å². The van der Waals surface area contributed by atoms with E-state index in [1.165, 1.54) is 4.31 Å². The monoisotopic (exact) mass is 432 g/mol. The summed E-state index contributed by atoms with van der Waals surface area (Å²) in [4.78, 5) is 0.915. The lowest BCUT2D eigenvalue weighted by molar-refractivity contribution is 0.480. The molecule has 4 aromatic rings. The number of furan rings is 1. The Morgan fingerprint density at radius 1 is 0.967 bits per heavy atom. The average molecular weight is 433 g/mol. The fraction of sp³-hybridized carbons (Fsp3) is 0.0870. The first-order chi connectivity index (χ1) is 14.6. The maximum atomic E-state index is 13.4. The van der Waals surface area contributed by atoms with Gasteiger partial charge in [-0.05, 0) is 41.5 Å². The van der Waals surface area contributed by atoms with E-state index >= 15 is 0 Å². The van der Waals surface area contributed by atoms with Crippen molar-refractivity contribution in [1.29, 1.82) is 5.26 Å². The van der Waals surface area contributed by atoms with Crippen LogP contribution in [0.5, 0.6) is 0 Å². The van der Waals surface area contributed by atoms with E-state index in [1.807, 2.05) is 48.5 Å². The Labute approximate surface area is 178 Å². The maximum Gasteiger partial charge on any atom is 0.297 e. The highest BCUT2D eigenvalue weighted by Crippen LogP contribution is 2.40. The molecule has 148 valence electrons. The minimum atomic E-state index is -3.84. The van der Waals surface area contributed by atoms with E-state index in [2.05, 4.69) is 6.07 Å². The normalized spacial score (nSPS) is 13.8. The number of fused-ring (bicyclic) bond motifs is 2. The minimum Gasteiger partial charge on any atom is -0.443 e. The molecule has 0 unspecified atom stereocenters. The molecular weight excluding hydrogens is 416 g/mol. The molecule has 0 radical (unpaired) electrons. The van der Waals surface area contributed by atoms with Crippen molar-refractivity contribution in [2.24, 2.45) is 0 Å². The molecule has 5 nitrogen and oxygen atoms in total. The fourth-order valence-corrected chi connectivity index (χ4v) is 6.13. The lowest BCUT2D eigenvalue weighted by Gasteiger charge is -2.29. The van der Waals surface area contributed by atoms with Crippen molar-refractivity contribution < 1.29 is 12.8 Å². The van der Waals surface area contributed by atoms with Crippen LogP contribution in [0.4, 0.5) is 5.69 Å². The molecule has 5 rings (SSSR count). The first-order valence-corrected chi connectivity index (χ1v) is 11.8. The quantitative estimate of drug-likeness (QED) is 0.441. The van der Waals surface area contributed by atoms with Crippen LogP contribution >= 0.6 is 11.8 Å². The number of benzene rings is 3. The summed E-state index contributed by atoms with van der Waals surface area (Å²) in [5.41, 5.74) is 3.60. The summed E-state index contributed by atoms with van der Waals surface area (Å²) in [6.07, 6.45) is 0. The first-order valence-electron chi connectivity index (χ1n) is 9.35. The molecule has 0 amide bonds. The Kier molecular flexibility index (Phi) is 4.54. The van der Waals surface area contributed by atoms with Gasteiger partial charge in [0, 0.05) is 28.6 Å². The van der Waals surface area contributed by atoms with Gasteiger partial charge in [0.05, 0.1) is 17.3 Å². The predicted octanol–water partition coefficient (Wildman–Crippen LogP) is 5.27. The molecule has 1 aliphatic rings. The molecule has 0 aliphatic carbocycles. The molecule has 7 heteroatoms. The molecule has 30 heavy (non-hydrogen) atoms. The summed E-state index contributed by atoms with van der Waals surface area (Å²) in [5.74, 6) is 0.669. The summed E-state index contributed by atoms with van der Waals surface area (Å²) < 4.78 is 34.0. The predicted molar refractivity (Wildman–Crippen MR) is 118 cm³/mol. The number of thioether (sulfide) groups is 1. The molecule has 0 spiro atoms. The van der Waals surface area contributed by atoms with Crippen LogP contribution in [0, 0.1) is 11.3 Å². The van der Waals surface area contributed by atoms with Crippen molar-refractivity contribution in [1.82, 2.24) is 0 Å². The minimum absolute atomic E-state index is 0.0506. The smallest absolute Gasteiger partial charge is 0.297 e. The van der Waals surface area contributed by atoms with Crippen LogP contribution in [0.2, 0.25) is 0 Å². The molecule has 0 saturated carbocycles. The standard InChI is InChI=1S/C23H16N2O3S2/c24-15-16-5-7-17(8-6-16)18-9-10-22-20(13-18)25(11-12-29-22)30(26,27)23-14-19-3-1-2-4-21(19)28-23/h1-10,13-14H,11-12H2. The Morgan fingerprint density at radius 2 is 1.73 bits per heavy atom. The summed E-state index contributed by atoms with van der Waals surface area (Å²) >= 11 is 1.64. The maximum absolute atomic E-state index is 13.4. The third kappa shape index (κ3) is 3.15. The van der Waals surface area contributed by atoms with E-state index < -0.39 is 10.0 Å². The van der Waals surface area contributed by atoms with Gasteiger partial charge in [0.15, 0.2) is 0 Å². The van der Waals surface area contributed by atoms with E-state index in [1.54, 1.807) is 36.0 Å².